The Morgan fingerprint density at radius 3 is 2.93 bits per heavy atom. The fourth-order valence-corrected chi connectivity index (χ4v) is 1.37. The van der Waals surface area contributed by atoms with Crippen molar-refractivity contribution in [1.82, 2.24) is 9.97 Å². The van der Waals surface area contributed by atoms with E-state index in [0.717, 1.165) is 12.2 Å². The molecule has 1 aromatic rings. The molecule has 82 valence electrons. The number of halogens is 1. The van der Waals surface area contributed by atoms with Crippen LogP contribution in [0.2, 0.25) is 0 Å². The minimum absolute atomic E-state index is 0.100. The lowest BCUT2D eigenvalue weighted by atomic mass is 10.4. The number of nitrogens with one attached hydrogen (secondary N) is 1. The molecule has 0 bridgehead atoms. The smallest absolute Gasteiger partial charge is 0.325 e. The van der Waals surface area contributed by atoms with Crippen molar-refractivity contribution >= 4 is 27.7 Å². The van der Waals surface area contributed by atoms with Crippen LogP contribution in [-0.4, -0.2) is 29.6 Å². The molecule has 0 radical (unpaired) electrons. The molecule has 0 saturated heterocycles. The average Bonchev–Trinajstić information content (AvgIpc) is 2.25. The molecule has 0 aliphatic carbocycles. The van der Waals surface area contributed by atoms with Crippen molar-refractivity contribution < 1.29 is 9.53 Å². The summed E-state index contributed by atoms with van der Waals surface area (Å²) < 4.78 is 5.20. The Balaban J connectivity index is 2.68. The maximum Gasteiger partial charge on any atom is 0.325 e. The fourth-order valence-electron chi connectivity index (χ4n) is 0.948. The second kappa shape index (κ2) is 5.65. The van der Waals surface area contributed by atoms with E-state index in [4.69, 9.17) is 0 Å². The maximum absolute atomic E-state index is 10.9. The van der Waals surface area contributed by atoms with E-state index in [1.165, 1.54) is 7.11 Å². The lowest BCUT2D eigenvalue weighted by Crippen LogP contribution is -2.16. The molecular weight excluding hydrogens is 262 g/mol. The highest BCUT2D eigenvalue weighted by Gasteiger charge is 2.03. The van der Waals surface area contributed by atoms with Crippen LogP contribution < -0.4 is 5.32 Å². The molecule has 0 aliphatic heterocycles. The van der Waals surface area contributed by atoms with Gasteiger partial charge in [-0.05, 0) is 15.9 Å². The predicted octanol–water partition coefficient (Wildman–Crippen LogP) is 1.39. The van der Waals surface area contributed by atoms with Gasteiger partial charge in [-0.1, -0.05) is 6.92 Å². The van der Waals surface area contributed by atoms with Gasteiger partial charge in [-0.15, -0.1) is 0 Å². The van der Waals surface area contributed by atoms with Gasteiger partial charge in [-0.2, -0.15) is 0 Å². The van der Waals surface area contributed by atoms with Crippen molar-refractivity contribution in [3.8, 4) is 0 Å². The first kappa shape index (κ1) is 11.9. The van der Waals surface area contributed by atoms with Gasteiger partial charge in [0.2, 0.25) is 0 Å². The molecule has 6 heteroatoms. The summed E-state index contributed by atoms with van der Waals surface area (Å²) in [5, 5.41) is 2.86. The number of hydrogen-bond donors (Lipinski definition) is 1. The van der Waals surface area contributed by atoms with E-state index in [9.17, 15) is 4.79 Å². The second-order valence-corrected chi connectivity index (χ2v) is 3.59. The highest BCUT2D eigenvalue weighted by atomic mass is 79.9. The third-order valence-corrected chi connectivity index (χ3v) is 2.11. The fraction of sp³-hybridized carbons (Fsp3) is 0.444. The Morgan fingerprint density at radius 2 is 2.33 bits per heavy atom. The first-order chi connectivity index (χ1) is 7.15. The first-order valence-electron chi connectivity index (χ1n) is 4.50. The largest absolute Gasteiger partial charge is 0.468 e. The molecule has 1 N–H and O–H groups in total. The van der Waals surface area contributed by atoms with Crippen molar-refractivity contribution in [2.24, 2.45) is 0 Å². The van der Waals surface area contributed by atoms with Crippen LogP contribution in [0.1, 0.15) is 12.7 Å². The standard InChI is InChI=1S/C9H12BrN3O2/c1-3-7-12-6(10)4-8(13-7)11-5-9(14)15-2/h4H,3,5H2,1-2H3,(H,11,12,13). The van der Waals surface area contributed by atoms with Gasteiger partial charge in [0, 0.05) is 12.5 Å². The van der Waals surface area contributed by atoms with E-state index in [-0.39, 0.29) is 12.5 Å². The molecule has 5 nitrogen and oxygen atoms in total. The number of aromatic nitrogens is 2. The quantitative estimate of drug-likeness (QED) is 0.664. The zero-order valence-corrected chi connectivity index (χ0v) is 10.2. The molecule has 0 aliphatic rings. The van der Waals surface area contributed by atoms with Gasteiger partial charge in [0.05, 0.1) is 7.11 Å². The molecule has 1 aromatic heterocycles. The lowest BCUT2D eigenvalue weighted by molar-refractivity contribution is -0.138. The van der Waals surface area contributed by atoms with Gasteiger partial charge in [-0.3, -0.25) is 4.79 Å². The molecule has 15 heavy (non-hydrogen) atoms. The zero-order chi connectivity index (χ0) is 11.3. The minimum atomic E-state index is -0.331. The second-order valence-electron chi connectivity index (χ2n) is 2.78. The molecule has 0 unspecified atom stereocenters. The molecule has 0 saturated carbocycles. The van der Waals surface area contributed by atoms with Crippen molar-refractivity contribution in [3.63, 3.8) is 0 Å². The van der Waals surface area contributed by atoms with Crippen molar-refractivity contribution in [3.05, 3.63) is 16.5 Å². The normalized spacial score (nSPS) is 9.80. The minimum Gasteiger partial charge on any atom is -0.468 e. The number of anilines is 1. The van der Waals surface area contributed by atoms with Crippen LogP contribution in [0.25, 0.3) is 0 Å². The van der Waals surface area contributed by atoms with Crippen LogP contribution in [0.5, 0.6) is 0 Å². The predicted molar refractivity (Wildman–Crippen MR) is 59.6 cm³/mol. The van der Waals surface area contributed by atoms with Gasteiger partial charge >= 0.3 is 5.97 Å². The van der Waals surface area contributed by atoms with Crippen LogP contribution >= 0.6 is 15.9 Å². The Labute approximate surface area is 96.4 Å². The molecule has 1 rings (SSSR count). The summed E-state index contributed by atoms with van der Waals surface area (Å²) in [6.07, 6.45) is 0.742. The first-order valence-corrected chi connectivity index (χ1v) is 5.29. The van der Waals surface area contributed by atoms with Crippen LogP contribution in [0.4, 0.5) is 5.82 Å². The van der Waals surface area contributed by atoms with E-state index in [1.54, 1.807) is 6.07 Å². The SMILES string of the molecule is CCc1nc(Br)cc(NCC(=O)OC)n1. The summed E-state index contributed by atoms with van der Waals surface area (Å²) in [6, 6.07) is 1.71. The van der Waals surface area contributed by atoms with E-state index in [0.29, 0.717) is 10.4 Å². The van der Waals surface area contributed by atoms with E-state index in [2.05, 4.69) is 36.0 Å². The maximum atomic E-state index is 10.9. The number of rotatable bonds is 4. The number of ether oxygens (including phenoxy) is 1. The number of hydrogen-bond acceptors (Lipinski definition) is 5. The number of carbonyl (C=O) groups is 1. The highest BCUT2D eigenvalue weighted by molar-refractivity contribution is 9.10. The Kier molecular flexibility index (Phi) is 4.48. The molecule has 0 amide bonds. The number of esters is 1. The van der Waals surface area contributed by atoms with Crippen molar-refractivity contribution in [1.29, 1.82) is 0 Å². The van der Waals surface area contributed by atoms with E-state index >= 15 is 0 Å². The number of nitrogens with zero attached hydrogens (tertiary/aromatic N) is 2. The third-order valence-electron chi connectivity index (χ3n) is 1.70. The summed E-state index contributed by atoms with van der Waals surface area (Å²) in [6.45, 7) is 2.06. The number of aryl methyl sites for hydroxylation is 1. The molecular formula is C9H12BrN3O2. The van der Waals surface area contributed by atoms with Crippen LogP contribution in [0, 0.1) is 0 Å². The summed E-state index contributed by atoms with van der Waals surface area (Å²) >= 11 is 3.27. The third kappa shape index (κ3) is 3.83. The Bertz CT molecular complexity index is 357. The number of carbonyl (C=O) groups excluding carboxylic acids is 1. The average molecular weight is 274 g/mol. The van der Waals surface area contributed by atoms with Gasteiger partial charge in [0.1, 0.15) is 22.8 Å². The molecule has 1 heterocycles. The Hall–Kier alpha value is -1.17. The van der Waals surface area contributed by atoms with E-state index in [1.807, 2.05) is 6.92 Å². The van der Waals surface area contributed by atoms with Crippen molar-refractivity contribution in [2.45, 2.75) is 13.3 Å². The Morgan fingerprint density at radius 1 is 1.60 bits per heavy atom. The lowest BCUT2D eigenvalue weighted by Gasteiger charge is -2.05. The summed E-state index contributed by atoms with van der Waals surface area (Å²) in [7, 11) is 1.34. The van der Waals surface area contributed by atoms with Gasteiger partial charge in [0.25, 0.3) is 0 Å². The summed E-state index contributed by atoms with van der Waals surface area (Å²) in [5.41, 5.74) is 0. The topological polar surface area (TPSA) is 64.1 Å². The molecule has 0 spiro atoms. The molecule has 0 atom stereocenters. The summed E-state index contributed by atoms with van der Waals surface area (Å²) in [5.74, 6) is 0.999. The van der Waals surface area contributed by atoms with Gasteiger partial charge < -0.3 is 10.1 Å². The molecule has 0 fully saturated rings. The van der Waals surface area contributed by atoms with Crippen molar-refractivity contribution in [2.75, 3.05) is 19.0 Å². The van der Waals surface area contributed by atoms with Crippen LogP contribution in [0.3, 0.4) is 0 Å². The van der Waals surface area contributed by atoms with Gasteiger partial charge in [0.15, 0.2) is 0 Å². The monoisotopic (exact) mass is 273 g/mol. The summed E-state index contributed by atoms with van der Waals surface area (Å²) in [4.78, 5) is 19.2. The van der Waals surface area contributed by atoms with Gasteiger partial charge in [-0.25, -0.2) is 9.97 Å². The zero-order valence-electron chi connectivity index (χ0n) is 8.58. The highest BCUT2D eigenvalue weighted by Crippen LogP contribution is 2.12. The number of methoxy groups -OCH3 is 1. The van der Waals surface area contributed by atoms with E-state index < -0.39 is 0 Å². The van der Waals surface area contributed by atoms with Crippen LogP contribution in [0.15, 0.2) is 10.7 Å². The molecule has 0 aromatic carbocycles. The van der Waals surface area contributed by atoms with Crippen LogP contribution in [-0.2, 0) is 16.0 Å².